The van der Waals surface area contributed by atoms with Crippen molar-refractivity contribution in [1.29, 1.82) is 0 Å². The Labute approximate surface area is 169 Å². The number of nitrogens with zero attached hydrogens (tertiary/aromatic N) is 4. The molecule has 3 aromatic carbocycles. The number of carbonyl (C=O) groups is 2. The van der Waals surface area contributed by atoms with Gasteiger partial charge in [-0.25, -0.2) is 0 Å². The predicted octanol–water partition coefficient (Wildman–Crippen LogP) is 5.33. The summed E-state index contributed by atoms with van der Waals surface area (Å²) in [5.41, 5.74) is 3.55. The predicted molar refractivity (Wildman–Crippen MR) is 115 cm³/mol. The Hall–Kier alpha value is -3.54. The monoisotopic (exact) mass is 386 g/mol. The molecule has 4 rings (SSSR count). The molecular formula is C23H22N4O2. The fourth-order valence-electron chi connectivity index (χ4n) is 3.72. The third kappa shape index (κ3) is 3.16. The van der Waals surface area contributed by atoms with Gasteiger partial charge in [0.15, 0.2) is 0 Å². The Balaban J connectivity index is 1.72. The molecule has 1 aliphatic heterocycles. The molecule has 29 heavy (non-hydrogen) atoms. The first kappa shape index (κ1) is 18.8. The lowest BCUT2D eigenvalue weighted by Crippen LogP contribution is -2.36. The number of imide groups is 1. The van der Waals surface area contributed by atoms with Gasteiger partial charge >= 0.3 is 0 Å². The van der Waals surface area contributed by atoms with Crippen LogP contribution in [-0.2, 0) is 0 Å². The van der Waals surface area contributed by atoms with Gasteiger partial charge < -0.3 is 4.90 Å². The highest BCUT2D eigenvalue weighted by Gasteiger charge is 2.30. The summed E-state index contributed by atoms with van der Waals surface area (Å²) >= 11 is 0. The fraction of sp³-hybridized carbons (Fsp3) is 0.217. The van der Waals surface area contributed by atoms with Gasteiger partial charge in [0.1, 0.15) is 0 Å². The molecule has 6 heteroatoms. The van der Waals surface area contributed by atoms with Gasteiger partial charge in [-0.15, -0.1) is 5.11 Å². The minimum atomic E-state index is -0.297. The summed E-state index contributed by atoms with van der Waals surface area (Å²) in [6.45, 7) is 6.15. The lowest BCUT2D eigenvalue weighted by atomic mass is 9.93. The van der Waals surface area contributed by atoms with E-state index in [2.05, 4.69) is 29.0 Å². The summed E-state index contributed by atoms with van der Waals surface area (Å²) in [6, 6.07) is 16.8. The maximum Gasteiger partial charge on any atom is 0.261 e. The second-order valence-electron chi connectivity index (χ2n) is 6.92. The highest BCUT2D eigenvalue weighted by atomic mass is 16.2. The van der Waals surface area contributed by atoms with Crippen LogP contribution in [0.25, 0.3) is 10.8 Å². The van der Waals surface area contributed by atoms with E-state index in [0.717, 1.165) is 34.8 Å². The topological polar surface area (TPSA) is 65.3 Å². The van der Waals surface area contributed by atoms with Crippen molar-refractivity contribution in [2.24, 2.45) is 10.2 Å². The van der Waals surface area contributed by atoms with E-state index in [-0.39, 0.29) is 11.8 Å². The fourth-order valence-corrected chi connectivity index (χ4v) is 3.72. The molecular weight excluding hydrogens is 364 g/mol. The Morgan fingerprint density at radius 3 is 2.14 bits per heavy atom. The first-order chi connectivity index (χ1) is 14.0. The van der Waals surface area contributed by atoms with E-state index in [1.54, 1.807) is 24.3 Å². The Morgan fingerprint density at radius 2 is 1.48 bits per heavy atom. The molecule has 0 fully saturated rings. The second-order valence-corrected chi connectivity index (χ2v) is 6.92. The number of hydrogen-bond donors (Lipinski definition) is 0. The Morgan fingerprint density at radius 1 is 0.828 bits per heavy atom. The highest BCUT2D eigenvalue weighted by molar-refractivity contribution is 6.26. The van der Waals surface area contributed by atoms with Crippen molar-refractivity contribution >= 4 is 39.6 Å². The molecule has 0 saturated carbocycles. The van der Waals surface area contributed by atoms with Crippen molar-refractivity contribution < 1.29 is 9.59 Å². The molecule has 0 spiro atoms. The molecule has 1 aliphatic rings. The number of benzene rings is 3. The van der Waals surface area contributed by atoms with E-state index in [1.807, 2.05) is 30.3 Å². The Kier molecular flexibility index (Phi) is 4.84. The van der Waals surface area contributed by atoms with Crippen molar-refractivity contribution in [2.75, 3.05) is 25.0 Å². The number of hydrogen-bond acceptors (Lipinski definition) is 5. The van der Waals surface area contributed by atoms with Crippen LogP contribution in [-0.4, -0.2) is 36.9 Å². The van der Waals surface area contributed by atoms with Crippen molar-refractivity contribution in [3.63, 3.8) is 0 Å². The normalized spacial score (nSPS) is 13.6. The first-order valence-electron chi connectivity index (χ1n) is 9.70. The van der Waals surface area contributed by atoms with Crippen molar-refractivity contribution in [3.8, 4) is 0 Å². The number of azo groups is 1. The van der Waals surface area contributed by atoms with Crippen LogP contribution in [0.4, 0.5) is 17.1 Å². The number of amides is 2. The van der Waals surface area contributed by atoms with E-state index < -0.39 is 0 Å². The van der Waals surface area contributed by atoms with Gasteiger partial charge in [-0.05, 0) is 56.3 Å². The third-order valence-corrected chi connectivity index (χ3v) is 5.34. The molecule has 3 aromatic rings. The second kappa shape index (κ2) is 7.47. The average molecular weight is 386 g/mol. The summed E-state index contributed by atoms with van der Waals surface area (Å²) in [4.78, 5) is 28.4. The van der Waals surface area contributed by atoms with Gasteiger partial charge in [0, 0.05) is 47.7 Å². The van der Waals surface area contributed by atoms with Crippen LogP contribution in [0.3, 0.4) is 0 Å². The molecule has 2 amide bonds. The average Bonchev–Trinajstić information content (AvgIpc) is 2.76. The lowest BCUT2D eigenvalue weighted by molar-refractivity contribution is 0.0650. The van der Waals surface area contributed by atoms with Gasteiger partial charge in [-0.1, -0.05) is 12.1 Å². The maximum atomic E-state index is 12.5. The molecule has 0 atom stereocenters. The van der Waals surface area contributed by atoms with Crippen LogP contribution in [0.1, 0.15) is 34.6 Å². The lowest BCUT2D eigenvalue weighted by Gasteiger charge is -2.23. The summed E-state index contributed by atoms with van der Waals surface area (Å²) < 4.78 is 0. The van der Waals surface area contributed by atoms with Crippen LogP contribution in [0.15, 0.2) is 64.8 Å². The largest absolute Gasteiger partial charge is 0.372 e. The minimum absolute atomic E-state index is 0.297. The maximum absolute atomic E-state index is 12.5. The van der Waals surface area contributed by atoms with Crippen LogP contribution in [0.5, 0.6) is 0 Å². The highest BCUT2D eigenvalue weighted by Crippen LogP contribution is 2.36. The molecule has 6 nitrogen and oxygen atoms in total. The van der Waals surface area contributed by atoms with Gasteiger partial charge in [0.25, 0.3) is 11.8 Å². The Bertz CT molecular complexity index is 1110. The van der Waals surface area contributed by atoms with E-state index in [4.69, 9.17) is 0 Å². The zero-order valence-electron chi connectivity index (χ0n) is 16.7. The molecule has 0 unspecified atom stereocenters. The molecule has 0 radical (unpaired) electrons. The minimum Gasteiger partial charge on any atom is -0.372 e. The van der Waals surface area contributed by atoms with Gasteiger partial charge in [-0.2, -0.15) is 5.11 Å². The van der Waals surface area contributed by atoms with E-state index in [0.29, 0.717) is 22.2 Å². The van der Waals surface area contributed by atoms with Crippen LogP contribution >= 0.6 is 0 Å². The summed E-state index contributed by atoms with van der Waals surface area (Å²) in [6.07, 6.45) is 0. The zero-order valence-corrected chi connectivity index (χ0v) is 16.7. The van der Waals surface area contributed by atoms with Crippen LogP contribution in [0, 0.1) is 0 Å². The van der Waals surface area contributed by atoms with E-state index in [1.165, 1.54) is 7.05 Å². The van der Waals surface area contributed by atoms with E-state index >= 15 is 0 Å². The van der Waals surface area contributed by atoms with Crippen molar-refractivity contribution in [1.82, 2.24) is 4.90 Å². The SMILES string of the molecule is CCN(CC)c1ccc(N=Nc2ccc3c4c(cccc24)C(=O)N(C)C3=O)cc1. The molecule has 0 saturated heterocycles. The van der Waals surface area contributed by atoms with E-state index in [9.17, 15) is 9.59 Å². The van der Waals surface area contributed by atoms with Crippen molar-refractivity contribution in [3.05, 3.63) is 65.7 Å². The summed E-state index contributed by atoms with van der Waals surface area (Å²) in [5, 5.41) is 10.2. The van der Waals surface area contributed by atoms with Crippen LogP contribution < -0.4 is 4.90 Å². The molecule has 0 aromatic heterocycles. The number of rotatable bonds is 5. The standard InChI is InChI=1S/C23H22N4O2/c1-4-27(5-2)16-11-9-15(10-12-16)24-25-20-14-13-19-21-17(20)7-6-8-18(21)22(28)26(3)23(19)29/h6-14H,4-5H2,1-3H3. The summed E-state index contributed by atoms with van der Waals surface area (Å²) in [5.74, 6) is -0.594. The third-order valence-electron chi connectivity index (χ3n) is 5.34. The van der Waals surface area contributed by atoms with Gasteiger partial charge in [0.05, 0.1) is 11.4 Å². The first-order valence-corrected chi connectivity index (χ1v) is 9.70. The molecule has 0 bridgehead atoms. The zero-order chi connectivity index (χ0) is 20.5. The number of carbonyl (C=O) groups excluding carboxylic acids is 2. The molecule has 0 aliphatic carbocycles. The van der Waals surface area contributed by atoms with Crippen molar-refractivity contribution in [2.45, 2.75) is 13.8 Å². The summed E-state index contributed by atoms with van der Waals surface area (Å²) in [7, 11) is 1.50. The van der Waals surface area contributed by atoms with Gasteiger partial charge in [-0.3, -0.25) is 14.5 Å². The molecule has 1 heterocycles. The van der Waals surface area contributed by atoms with Crippen LogP contribution in [0.2, 0.25) is 0 Å². The quantitative estimate of drug-likeness (QED) is 0.440. The smallest absolute Gasteiger partial charge is 0.261 e. The van der Waals surface area contributed by atoms with Gasteiger partial charge in [0.2, 0.25) is 0 Å². The number of anilines is 1. The molecule has 146 valence electrons. The molecule has 0 N–H and O–H groups in total.